The van der Waals surface area contributed by atoms with Gasteiger partial charge in [0.05, 0.1) is 0 Å². The summed E-state index contributed by atoms with van der Waals surface area (Å²) in [5, 5.41) is 2.67. The van der Waals surface area contributed by atoms with Crippen LogP contribution in [-0.2, 0) is 0 Å². The lowest BCUT2D eigenvalue weighted by Crippen LogP contribution is -2.22. The normalized spacial score (nSPS) is 20.1. The first-order chi connectivity index (χ1) is 8.38. The van der Waals surface area contributed by atoms with Gasteiger partial charge in [-0.3, -0.25) is 0 Å². The van der Waals surface area contributed by atoms with Crippen LogP contribution < -0.4 is 10.6 Å². The van der Waals surface area contributed by atoms with E-state index in [1.54, 1.807) is 0 Å². The Labute approximate surface area is 102 Å². The molecule has 0 aliphatic carbocycles. The number of hydrogen-bond acceptors (Lipinski definition) is 2. The molecule has 0 aromatic heterocycles. The van der Waals surface area contributed by atoms with E-state index in [9.17, 15) is 0 Å². The van der Waals surface area contributed by atoms with E-state index in [-0.39, 0.29) is 0 Å². The second-order valence-corrected chi connectivity index (χ2v) is 4.83. The molecular formula is C15H18N2. The van der Waals surface area contributed by atoms with E-state index in [1.165, 1.54) is 22.9 Å². The first kappa shape index (κ1) is 10.6. The van der Waals surface area contributed by atoms with E-state index in [4.69, 9.17) is 5.73 Å². The fourth-order valence-electron chi connectivity index (χ4n) is 2.73. The summed E-state index contributed by atoms with van der Waals surface area (Å²) >= 11 is 0. The summed E-state index contributed by atoms with van der Waals surface area (Å²) in [6.07, 6.45) is 1.22. The Bertz CT molecular complexity index is 516. The molecule has 88 valence electrons. The molecule has 1 heterocycles. The highest BCUT2D eigenvalue weighted by atomic mass is 15.2. The standard InChI is InChI=1S/C15H18N2/c16-10-12-8-9-17(11-12)15-7-3-5-13-4-1-2-6-14(13)15/h1-7,12H,8-11,16H2/t12-/m1/s1. The number of hydrogen-bond donors (Lipinski definition) is 1. The Morgan fingerprint density at radius 2 is 1.94 bits per heavy atom. The second-order valence-electron chi connectivity index (χ2n) is 4.83. The molecule has 2 aromatic carbocycles. The van der Waals surface area contributed by atoms with Crippen molar-refractivity contribution in [2.75, 3.05) is 24.5 Å². The zero-order chi connectivity index (χ0) is 11.7. The summed E-state index contributed by atoms with van der Waals surface area (Å²) in [7, 11) is 0. The molecule has 0 saturated carbocycles. The molecule has 1 saturated heterocycles. The van der Waals surface area contributed by atoms with Gasteiger partial charge in [0, 0.05) is 24.2 Å². The zero-order valence-electron chi connectivity index (χ0n) is 9.97. The summed E-state index contributed by atoms with van der Waals surface area (Å²) in [6.45, 7) is 3.04. The highest BCUT2D eigenvalue weighted by Gasteiger charge is 2.22. The molecule has 2 N–H and O–H groups in total. The summed E-state index contributed by atoms with van der Waals surface area (Å²) in [5.74, 6) is 0.661. The fourth-order valence-corrected chi connectivity index (χ4v) is 2.73. The van der Waals surface area contributed by atoms with Gasteiger partial charge in [-0.15, -0.1) is 0 Å². The smallest absolute Gasteiger partial charge is 0.0445 e. The van der Waals surface area contributed by atoms with Crippen LogP contribution in [0.1, 0.15) is 6.42 Å². The predicted molar refractivity (Wildman–Crippen MR) is 73.3 cm³/mol. The molecule has 1 aliphatic heterocycles. The number of anilines is 1. The summed E-state index contributed by atoms with van der Waals surface area (Å²) < 4.78 is 0. The van der Waals surface area contributed by atoms with Crippen LogP contribution in [0.15, 0.2) is 42.5 Å². The van der Waals surface area contributed by atoms with Gasteiger partial charge in [-0.25, -0.2) is 0 Å². The van der Waals surface area contributed by atoms with Crippen LogP contribution in [0.3, 0.4) is 0 Å². The quantitative estimate of drug-likeness (QED) is 0.853. The Kier molecular flexibility index (Phi) is 2.73. The van der Waals surface area contributed by atoms with Crippen molar-refractivity contribution >= 4 is 16.5 Å². The van der Waals surface area contributed by atoms with Crippen molar-refractivity contribution in [2.45, 2.75) is 6.42 Å². The molecule has 1 aliphatic rings. The van der Waals surface area contributed by atoms with Crippen LogP contribution in [0.2, 0.25) is 0 Å². The Morgan fingerprint density at radius 3 is 2.76 bits per heavy atom. The van der Waals surface area contributed by atoms with Gasteiger partial charge in [0.1, 0.15) is 0 Å². The van der Waals surface area contributed by atoms with Gasteiger partial charge >= 0.3 is 0 Å². The Morgan fingerprint density at radius 1 is 1.12 bits per heavy atom. The Hall–Kier alpha value is -1.54. The van der Waals surface area contributed by atoms with Crippen molar-refractivity contribution < 1.29 is 0 Å². The minimum Gasteiger partial charge on any atom is -0.371 e. The number of fused-ring (bicyclic) bond motifs is 1. The van der Waals surface area contributed by atoms with Crippen molar-refractivity contribution in [3.63, 3.8) is 0 Å². The first-order valence-corrected chi connectivity index (χ1v) is 6.31. The van der Waals surface area contributed by atoms with Crippen molar-refractivity contribution in [2.24, 2.45) is 11.7 Å². The van der Waals surface area contributed by atoms with Crippen molar-refractivity contribution in [1.29, 1.82) is 0 Å². The highest BCUT2D eigenvalue weighted by molar-refractivity contribution is 5.94. The van der Waals surface area contributed by atoms with E-state index < -0.39 is 0 Å². The van der Waals surface area contributed by atoms with Crippen LogP contribution in [-0.4, -0.2) is 19.6 Å². The van der Waals surface area contributed by atoms with Crippen LogP contribution >= 0.6 is 0 Å². The Balaban J connectivity index is 2.00. The fraction of sp³-hybridized carbons (Fsp3) is 0.333. The molecule has 0 amide bonds. The monoisotopic (exact) mass is 226 g/mol. The topological polar surface area (TPSA) is 29.3 Å². The number of benzene rings is 2. The third kappa shape index (κ3) is 1.89. The molecule has 0 radical (unpaired) electrons. The lowest BCUT2D eigenvalue weighted by atomic mass is 10.1. The average Bonchev–Trinajstić information content (AvgIpc) is 2.87. The molecule has 2 heteroatoms. The minimum absolute atomic E-state index is 0.661. The average molecular weight is 226 g/mol. The van der Waals surface area contributed by atoms with E-state index >= 15 is 0 Å². The first-order valence-electron chi connectivity index (χ1n) is 6.31. The van der Waals surface area contributed by atoms with Gasteiger partial charge < -0.3 is 10.6 Å². The lowest BCUT2D eigenvalue weighted by Gasteiger charge is -2.20. The maximum atomic E-state index is 5.76. The molecule has 2 nitrogen and oxygen atoms in total. The van der Waals surface area contributed by atoms with E-state index in [0.29, 0.717) is 5.92 Å². The second kappa shape index (κ2) is 4.38. The molecule has 0 unspecified atom stereocenters. The molecule has 0 bridgehead atoms. The summed E-state index contributed by atoms with van der Waals surface area (Å²) in [6, 6.07) is 15.1. The van der Waals surface area contributed by atoms with Gasteiger partial charge in [0.15, 0.2) is 0 Å². The summed E-state index contributed by atoms with van der Waals surface area (Å²) in [4.78, 5) is 2.47. The molecule has 1 fully saturated rings. The number of rotatable bonds is 2. The van der Waals surface area contributed by atoms with Crippen LogP contribution in [0.25, 0.3) is 10.8 Å². The summed E-state index contributed by atoms with van der Waals surface area (Å²) in [5.41, 5.74) is 7.12. The third-order valence-corrected chi connectivity index (χ3v) is 3.73. The van der Waals surface area contributed by atoms with Crippen LogP contribution in [0, 0.1) is 5.92 Å². The van der Waals surface area contributed by atoms with Crippen molar-refractivity contribution in [1.82, 2.24) is 0 Å². The van der Waals surface area contributed by atoms with Crippen molar-refractivity contribution in [3.8, 4) is 0 Å². The van der Waals surface area contributed by atoms with Crippen LogP contribution in [0.5, 0.6) is 0 Å². The van der Waals surface area contributed by atoms with E-state index in [0.717, 1.165) is 19.6 Å². The predicted octanol–water partition coefficient (Wildman–Crippen LogP) is 2.62. The maximum Gasteiger partial charge on any atom is 0.0445 e. The SMILES string of the molecule is NC[C@H]1CCN(c2cccc3ccccc23)C1. The maximum absolute atomic E-state index is 5.76. The van der Waals surface area contributed by atoms with Gasteiger partial charge in [-0.1, -0.05) is 36.4 Å². The molecule has 2 aromatic rings. The zero-order valence-corrected chi connectivity index (χ0v) is 9.97. The molecule has 3 rings (SSSR count). The number of nitrogens with zero attached hydrogens (tertiary/aromatic N) is 1. The van der Waals surface area contributed by atoms with Gasteiger partial charge in [0.25, 0.3) is 0 Å². The van der Waals surface area contributed by atoms with E-state index in [1.807, 2.05) is 0 Å². The minimum atomic E-state index is 0.661. The largest absolute Gasteiger partial charge is 0.371 e. The van der Waals surface area contributed by atoms with Gasteiger partial charge in [0.2, 0.25) is 0 Å². The number of nitrogens with two attached hydrogens (primary N) is 1. The molecule has 0 spiro atoms. The van der Waals surface area contributed by atoms with Crippen LogP contribution in [0.4, 0.5) is 5.69 Å². The highest BCUT2D eigenvalue weighted by Crippen LogP contribution is 2.30. The molecule has 17 heavy (non-hydrogen) atoms. The van der Waals surface area contributed by atoms with E-state index in [2.05, 4.69) is 47.4 Å². The van der Waals surface area contributed by atoms with Crippen molar-refractivity contribution in [3.05, 3.63) is 42.5 Å². The van der Waals surface area contributed by atoms with Gasteiger partial charge in [-0.2, -0.15) is 0 Å². The van der Waals surface area contributed by atoms with Gasteiger partial charge in [-0.05, 0) is 30.3 Å². The lowest BCUT2D eigenvalue weighted by molar-refractivity contribution is 0.603. The molecular weight excluding hydrogens is 208 g/mol. The third-order valence-electron chi connectivity index (χ3n) is 3.73. The molecule has 1 atom stereocenters.